The minimum absolute atomic E-state index is 0.00377. The molecule has 144 valence electrons. The summed E-state index contributed by atoms with van der Waals surface area (Å²) in [4.78, 5) is 14.9. The summed E-state index contributed by atoms with van der Waals surface area (Å²) in [7, 11) is 0. The van der Waals surface area contributed by atoms with Gasteiger partial charge in [-0.25, -0.2) is 0 Å². The van der Waals surface area contributed by atoms with Crippen LogP contribution in [0.5, 0.6) is 0 Å². The van der Waals surface area contributed by atoms with Crippen LogP contribution in [0, 0.1) is 0 Å². The third kappa shape index (κ3) is 6.19. The van der Waals surface area contributed by atoms with Crippen molar-refractivity contribution in [3.63, 3.8) is 0 Å². The Morgan fingerprint density at radius 1 is 0.926 bits per heavy atom. The summed E-state index contributed by atoms with van der Waals surface area (Å²) in [5.41, 5.74) is 9.67. The van der Waals surface area contributed by atoms with Gasteiger partial charge in [-0.1, -0.05) is 67.4 Å². The Bertz CT molecular complexity index is 709. The number of carbonyl (C=O) groups is 1. The standard InChI is InChI=1S/C23H31N3O/c24-22(19-10-4-3-5-11-19)16-23(27)25-17-20-12-6-7-13-21(20)18-26-14-8-1-2-9-15-26/h3-7,10-13,22H,1-2,8-9,14-18,24H2,(H,25,27). The summed E-state index contributed by atoms with van der Waals surface area (Å²) < 4.78 is 0. The summed E-state index contributed by atoms with van der Waals surface area (Å²) in [6.07, 6.45) is 5.57. The zero-order valence-electron chi connectivity index (χ0n) is 16.1. The van der Waals surface area contributed by atoms with Crippen molar-refractivity contribution >= 4 is 5.91 Å². The molecule has 1 fully saturated rings. The SMILES string of the molecule is NC(CC(=O)NCc1ccccc1CN1CCCCCC1)c1ccccc1. The van der Waals surface area contributed by atoms with Crippen molar-refractivity contribution in [3.05, 3.63) is 71.3 Å². The maximum atomic E-state index is 12.3. The molecule has 4 heteroatoms. The van der Waals surface area contributed by atoms with E-state index in [0.717, 1.165) is 12.1 Å². The Kier molecular flexibility index (Phi) is 7.43. The summed E-state index contributed by atoms with van der Waals surface area (Å²) in [6, 6.07) is 18.0. The van der Waals surface area contributed by atoms with Gasteiger partial charge in [0.2, 0.25) is 5.91 Å². The van der Waals surface area contributed by atoms with Crippen LogP contribution in [0.15, 0.2) is 54.6 Å². The molecular weight excluding hydrogens is 334 g/mol. The van der Waals surface area contributed by atoms with Gasteiger partial charge in [-0.2, -0.15) is 0 Å². The molecule has 0 aromatic heterocycles. The Labute approximate surface area is 162 Å². The fourth-order valence-corrected chi connectivity index (χ4v) is 3.70. The average molecular weight is 366 g/mol. The first-order valence-corrected chi connectivity index (χ1v) is 10.1. The molecule has 2 aromatic rings. The summed E-state index contributed by atoms with van der Waals surface area (Å²) in [5.74, 6) is -0.00377. The number of rotatable bonds is 7. The Balaban J connectivity index is 1.53. The number of benzene rings is 2. The summed E-state index contributed by atoms with van der Waals surface area (Å²) in [6.45, 7) is 3.87. The van der Waals surface area contributed by atoms with Crippen LogP contribution in [0.3, 0.4) is 0 Å². The third-order valence-corrected chi connectivity index (χ3v) is 5.32. The predicted octanol–water partition coefficient (Wildman–Crippen LogP) is 3.77. The van der Waals surface area contributed by atoms with Crippen molar-refractivity contribution in [2.75, 3.05) is 13.1 Å². The number of amides is 1. The Morgan fingerprint density at radius 2 is 1.56 bits per heavy atom. The second-order valence-corrected chi connectivity index (χ2v) is 7.46. The molecule has 0 saturated carbocycles. The van der Waals surface area contributed by atoms with Crippen molar-refractivity contribution < 1.29 is 4.79 Å². The van der Waals surface area contributed by atoms with Crippen molar-refractivity contribution in [2.24, 2.45) is 5.73 Å². The van der Waals surface area contributed by atoms with Gasteiger partial charge in [0.05, 0.1) is 0 Å². The topological polar surface area (TPSA) is 58.4 Å². The Hall–Kier alpha value is -2.17. The van der Waals surface area contributed by atoms with Crippen LogP contribution in [-0.4, -0.2) is 23.9 Å². The van der Waals surface area contributed by atoms with Gasteiger partial charge in [-0.05, 0) is 42.6 Å². The number of nitrogens with one attached hydrogen (secondary N) is 1. The van der Waals surface area contributed by atoms with Crippen LogP contribution in [0.2, 0.25) is 0 Å². The lowest BCUT2D eigenvalue weighted by molar-refractivity contribution is -0.121. The van der Waals surface area contributed by atoms with Crippen molar-refractivity contribution in [2.45, 2.75) is 51.2 Å². The molecule has 27 heavy (non-hydrogen) atoms. The number of hydrogen-bond acceptors (Lipinski definition) is 3. The van der Waals surface area contributed by atoms with Crippen LogP contribution in [-0.2, 0) is 17.9 Å². The second-order valence-electron chi connectivity index (χ2n) is 7.46. The molecule has 1 saturated heterocycles. The first-order chi connectivity index (χ1) is 13.2. The molecule has 1 heterocycles. The smallest absolute Gasteiger partial charge is 0.222 e. The summed E-state index contributed by atoms with van der Waals surface area (Å²) in [5, 5.41) is 3.05. The molecule has 1 aliphatic heterocycles. The summed E-state index contributed by atoms with van der Waals surface area (Å²) >= 11 is 0. The van der Waals surface area contributed by atoms with Gasteiger partial charge in [0.25, 0.3) is 0 Å². The zero-order valence-corrected chi connectivity index (χ0v) is 16.1. The van der Waals surface area contributed by atoms with E-state index in [1.165, 1.54) is 49.9 Å². The first-order valence-electron chi connectivity index (χ1n) is 10.1. The van der Waals surface area contributed by atoms with Gasteiger partial charge in [0, 0.05) is 25.6 Å². The number of nitrogens with two attached hydrogens (primary N) is 1. The molecule has 1 aliphatic rings. The normalized spacial score (nSPS) is 16.5. The van der Waals surface area contributed by atoms with Crippen LogP contribution in [0.25, 0.3) is 0 Å². The molecule has 1 atom stereocenters. The number of hydrogen-bond donors (Lipinski definition) is 2. The molecule has 0 bridgehead atoms. The van der Waals surface area contributed by atoms with Crippen LogP contribution in [0.1, 0.15) is 54.8 Å². The highest BCUT2D eigenvalue weighted by molar-refractivity contribution is 5.76. The van der Waals surface area contributed by atoms with Crippen molar-refractivity contribution in [3.8, 4) is 0 Å². The van der Waals surface area contributed by atoms with Crippen molar-refractivity contribution in [1.82, 2.24) is 10.2 Å². The lowest BCUT2D eigenvalue weighted by Gasteiger charge is -2.21. The number of likely N-dealkylation sites (tertiary alicyclic amines) is 1. The van der Waals surface area contributed by atoms with Gasteiger partial charge in [-0.15, -0.1) is 0 Å². The van der Waals surface area contributed by atoms with E-state index in [4.69, 9.17) is 5.73 Å². The maximum absolute atomic E-state index is 12.3. The zero-order chi connectivity index (χ0) is 18.9. The molecule has 3 N–H and O–H groups in total. The van der Waals surface area contributed by atoms with Gasteiger partial charge < -0.3 is 11.1 Å². The molecular formula is C23H31N3O. The minimum atomic E-state index is -0.265. The highest BCUT2D eigenvalue weighted by atomic mass is 16.1. The van der Waals surface area contributed by atoms with Gasteiger partial charge >= 0.3 is 0 Å². The van der Waals surface area contributed by atoms with E-state index in [-0.39, 0.29) is 11.9 Å². The first kappa shape index (κ1) is 19.6. The van der Waals surface area contributed by atoms with E-state index in [9.17, 15) is 4.79 Å². The highest BCUT2D eigenvalue weighted by Crippen LogP contribution is 2.17. The number of carbonyl (C=O) groups excluding carboxylic acids is 1. The van der Waals surface area contributed by atoms with Crippen LogP contribution < -0.4 is 11.1 Å². The van der Waals surface area contributed by atoms with E-state index in [2.05, 4.69) is 28.4 Å². The van der Waals surface area contributed by atoms with E-state index >= 15 is 0 Å². The molecule has 3 rings (SSSR count). The fraction of sp³-hybridized carbons (Fsp3) is 0.435. The van der Waals surface area contributed by atoms with E-state index in [1.807, 2.05) is 36.4 Å². The monoisotopic (exact) mass is 365 g/mol. The van der Waals surface area contributed by atoms with E-state index < -0.39 is 0 Å². The lowest BCUT2D eigenvalue weighted by Crippen LogP contribution is -2.28. The highest BCUT2D eigenvalue weighted by Gasteiger charge is 2.14. The number of nitrogens with zero attached hydrogens (tertiary/aromatic N) is 1. The molecule has 2 aromatic carbocycles. The largest absolute Gasteiger partial charge is 0.352 e. The van der Waals surface area contributed by atoms with Crippen LogP contribution in [0.4, 0.5) is 0 Å². The molecule has 1 unspecified atom stereocenters. The van der Waals surface area contributed by atoms with Crippen molar-refractivity contribution in [1.29, 1.82) is 0 Å². The molecule has 4 nitrogen and oxygen atoms in total. The van der Waals surface area contributed by atoms with Gasteiger partial charge in [0.1, 0.15) is 0 Å². The van der Waals surface area contributed by atoms with E-state index in [0.29, 0.717) is 13.0 Å². The molecule has 0 radical (unpaired) electrons. The second kappa shape index (κ2) is 10.2. The lowest BCUT2D eigenvalue weighted by atomic mass is 10.0. The molecule has 0 aliphatic carbocycles. The quantitative estimate of drug-likeness (QED) is 0.785. The fourth-order valence-electron chi connectivity index (χ4n) is 3.70. The van der Waals surface area contributed by atoms with Crippen LogP contribution >= 0.6 is 0 Å². The molecule has 0 spiro atoms. The third-order valence-electron chi connectivity index (χ3n) is 5.32. The Morgan fingerprint density at radius 3 is 2.26 bits per heavy atom. The minimum Gasteiger partial charge on any atom is -0.352 e. The maximum Gasteiger partial charge on any atom is 0.222 e. The average Bonchev–Trinajstić information content (AvgIpc) is 2.97. The van der Waals surface area contributed by atoms with E-state index in [1.54, 1.807) is 0 Å². The van der Waals surface area contributed by atoms with Gasteiger partial charge in [-0.3, -0.25) is 9.69 Å². The predicted molar refractivity (Wildman–Crippen MR) is 110 cm³/mol. The van der Waals surface area contributed by atoms with Gasteiger partial charge in [0.15, 0.2) is 0 Å². The molecule has 1 amide bonds.